The van der Waals surface area contributed by atoms with Gasteiger partial charge in [-0.1, -0.05) is 243 Å². The van der Waals surface area contributed by atoms with Gasteiger partial charge >= 0.3 is 0 Å². The minimum atomic E-state index is 0.600. The van der Waals surface area contributed by atoms with Gasteiger partial charge in [0.2, 0.25) is 0 Å². The molecule has 0 saturated carbocycles. The van der Waals surface area contributed by atoms with Crippen molar-refractivity contribution in [3.8, 4) is 101 Å². The van der Waals surface area contributed by atoms with Gasteiger partial charge in [0.05, 0.1) is 33.4 Å². The summed E-state index contributed by atoms with van der Waals surface area (Å²) >= 11 is 0. The summed E-state index contributed by atoms with van der Waals surface area (Å²) in [4.78, 5) is 15.6. The second-order valence-corrected chi connectivity index (χ2v) is 20.3. The molecular weight excluding hydrogens is 971 g/mol. The van der Waals surface area contributed by atoms with E-state index in [4.69, 9.17) is 15.0 Å². The number of aromatic nitrogens is 5. The highest BCUT2D eigenvalue weighted by Crippen LogP contribution is 2.42. The summed E-state index contributed by atoms with van der Waals surface area (Å²) < 4.78 is 4.82. The van der Waals surface area contributed by atoms with Crippen LogP contribution in [0.3, 0.4) is 0 Å². The predicted molar refractivity (Wildman–Crippen MR) is 332 cm³/mol. The quantitative estimate of drug-likeness (QED) is 0.137. The minimum Gasteiger partial charge on any atom is -0.309 e. The molecule has 3 heterocycles. The number of nitrogens with zero attached hydrogens (tertiary/aromatic N) is 5. The Kier molecular flexibility index (Phi) is 11.4. The average molecular weight is 1020 g/mol. The fraction of sp³-hybridized carbons (Fsp3) is 0. The molecule has 0 aliphatic rings. The molecule has 0 unspecified atom stereocenters. The van der Waals surface area contributed by atoms with Crippen LogP contribution in [0.4, 0.5) is 0 Å². The molecule has 15 aromatic rings. The Morgan fingerprint density at radius 2 is 0.450 bits per heavy atom. The van der Waals surface area contributed by atoms with Crippen molar-refractivity contribution in [1.29, 1.82) is 0 Å². The third-order valence-electron chi connectivity index (χ3n) is 15.6. The third-order valence-corrected chi connectivity index (χ3v) is 15.6. The summed E-state index contributed by atoms with van der Waals surface area (Å²) in [5.74, 6) is 1.81. The summed E-state index contributed by atoms with van der Waals surface area (Å²) in [7, 11) is 0. The van der Waals surface area contributed by atoms with Crippen molar-refractivity contribution in [2.75, 3.05) is 0 Å². The minimum absolute atomic E-state index is 0.600. The summed E-state index contributed by atoms with van der Waals surface area (Å²) in [6, 6.07) is 106. The predicted octanol–water partition coefficient (Wildman–Crippen LogP) is 19.4. The van der Waals surface area contributed by atoms with Crippen molar-refractivity contribution in [3.63, 3.8) is 0 Å². The molecule has 0 aliphatic heterocycles. The first-order valence-electron chi connectivity index (χ1n) is 27.2. The van der Waals surface area contributed by atoms with Crippen LogP contribution in [0.15, 0.2) is 297 Å². The molecule has 0 atom stereocenters. The van der Waals surface area contributed by atoms with Crippen molar-refractivity contribution in [3.05, 3.63) is 297 Å². The van der Waals surface area contributed by atoms with Gasteiger partial charge in [-0.15, -0.1) is 0 Å². The standard InChI is InChI=1S/C75H49N5/c1-4-19-50(20-5-1)57-25-18-26-58(47-57)60-44-46-72(80-69-33-16-12-29-63(69)64-30-13-17-34-70(64)80)66(49-60)53-37-41-56(42-38-53)75-77-73(54-23-8-3-9-24-54)76-74(78-75)55-39-35-52(36-40-55)65-48-59(51-21-6-2-7-22-51)43-45-71(65)79-67-31-14-10-27-61(67)62-28-11-15-32-68(62)79/h1-49H. The molecule has 0 aliphatic carbocycles. The smallest absolute Gasteiger partial charge is 0.164 e. The van der Waals surface area contributed by atoms with Crippen molar-refractivity contribution >= 4 is 43.6 Å². The zero-order chi connectivity index (χ0) is 52.9. The van der Waals surface area contributed by atoms with E-state index in [0.29, 0.717) is 17.5 Å². The molecule has 0 spiro atoms. The normalized spacial score (nSPS) is 11.5. The Balaban J connectivity index is 0.844. The number of hydrogen-bond donors (Lipinski definition) is 0. The van der Waals surface area contributed by atoms with Crippen molar-refractivity contribution in [2.24, 2.45) is 0 Å². The second-order valence-electron chi connectivity index (χ2n) is 20.3. The molecule has 0 N–H and O–H groups in total. The molecule has 0 radical (unpaired) electrons. The van der Waals surface area contributed by atoms with Gasteiger partial charge in [0, 0.05) is 49.4 Å². The molecule has 0 amide bonds. The molecule has 12 aromatic carbocycles. The Morgan fingerprint density at radius 1 is 0.188 bits per heavy atom. The molecule has 0 fully saturated rings. The first kappa shape index (κ1) is 46.5. The Hall–Kier alpha value is -10.8. The monoisotopic (exact) mass is 1020 g/mol. The van der Waals surface area contributed by atoms with Crippen LogP contribution >= 0.6 is 0 Å². The Labute approximate surface area is 463 Å². The van der Waals surface area contributed by atoms with Crippen molar-refractivity contribution in [1.82, 2.24) is 24.1 Å². The fourth-order valence-electron chi connectivity index (χ4n) is 11.7. The van der Waals surface area contributed by atoms with E-state index in [2.05, 4.69) is 288 Å². The number of para-hydroxylation sites is 4. The van der Waals surface area contributed by atoms with Crippen LogP contribution in [-0.4, -0.2) is 24.1 Å². The zero-order valence-corrected chi connectivity index (χ0v) is 43.5. The van der Waals surface area contributed by atoms with E-state index in [-0.39, 0.29) is 0 Å². The lowest BCUT2D eigenvalue weighted by Gasteiger charge is -2.17. The lowest BCUT2D eigenvalue weighted by molar-refractivity contribution is 1.07. The van der Waals surface area contributed by atoms with Crippen molar-refractivity contribution in [2.45, 2.75) is 0 Å². The average Bonchev–Trinajstić information content (AvgIpc) is 4.12. The molecule has 3 aromatic heterocycles. The van der Waals surface area contributed by atoms with E-state index in [0.717, 1.165) is 78.0 Å². The Morgan fingerprint density at radius 3 is 0.838 bits per heavy atom. The highest BCUT2D eigenvalue weighted by Gasteiger charge is 2.20. The van der Waals surface area contributed by atoms with Gasteiger partial charge in [0.1, 0.15) is 0 Å². The number of rotatable bonds is 10. The molecule has 80 heavy (non-hydrogen) atoms. The highest BCUT2D eigenvalue weighted by molar-refractivity contribution is 6.11. The summed E-state index contributed by atoms with van der Waals surface area (Å²) in [6.07, 6.45) is 0. The fourth-order valence-corrected chi connectivity index (χ4v) is 11.7. The maximum atomic E-state index is 5.27. The van der Waals surface area contributed by atoms with Crippen LogP contribution in [0, 0.1) is 0 Å². The largest absolute Gasteiger partial charge is 0.309 e. The van der Waals surface area contributed by atoms with Gasteiger partial charge in [0.25, 0.3) is 0 Å². The van der Waals surface area contributed by atoms with Crippen LogP contribution in [0.5, 0.6) is 0 Å². The van der Waals surface area contributed by atoms with Crippen molar-refractivity contribution < 1.29 is 0 Å². The van der Waals surface area contributed by atoms with E-state index < -0.39 is 0 Å². The zero-order valence-electron chi connectivity index (χ0n) is 43.5. The molecule has 5 heteroatoms. The Bertz CT molecular complexity index is 4680. The van der Waals surface area contributed by atoms with Gasteiger partial charge in [-0.3, -0.25) is 0 Å². The maximum Gasteiger partial charge on any atom is 0.164 e. The van der Waals surface area contributed by atoms with Crippen LogP contribution in [0.2, 0.25) is 0 Å². The first-order valence-corrected chi connectivity index (χ1v) is 27.2. The summed E-state index contributed by atoms with van der Waals surface area (Å²) in [6.45, 7) is 0. The topological polar surface area (TPSA) is 48.5 Å². The maximum absolute atomic E-state index is 5.27. The number of benzene rings is 12. The highest BCUT2D eigenvalue weighted by atomic mass is 15.0. The van der Waals surface area contributed by atoms with Crippen LogP contribution < -0.4 is 0 Å². The van der Waals surface area contributed by atoms with Gasteiger partial charge in [-0.25, -0.2) is 15.0 Å². The van der Waals surface area contributed by atoms with Gasteiger partial charge in [-0.2, -0.15) is 0 Å². The first-order chi connectivity index (χ1) is 39.7. The lowest BCUT2D eigenvalue weighted by Crippen LogP contribution is -2.01. The summed E-state index contributed by atoms with van der Waals surface area (Å²) in [5, 5.41) is 4.90. The van der Waals surface area contributed by atoms with Gasteiger partial charge < -0.3 is 9.13 Å². The van der Waals surface area contributed by atoms with E-state index in [1.54, 1.807) is 0 Å². The molecule has 15 rings (SSSR count). The molecule has 374 valence electrons. The molecular formula is C75H49N5. The van der Waals surface area contributed by atoms with Gasteiger partial charge in [0.15, 0.2) is 17.5 Å². The van der Waals surface area contributed by atoms with Crippen LogP contribution in [0.25, 0.3) is 145 Å². The molecule has 0 saturated heterocycles. The van der Waals surface area contributed by atoms with Crippen LogP contribution in [-0.2, 0) is 0 Å². The number of fused-ring (bicyclic) bond motifs is 6. The SMILES string of the molecule is c1ccc(-c2cccc(-c3ccc(-n4c5ccccc5c5ccccc54)c(-c4ccc(-c5nc(-c6ccccc6)nc(-c6ccc(-c7cc(-c8ccccc8)ccc7-n7c8ccccc8c8ccccc87)cc6)n5)cc4)c3)c2)cc1. The molecule has 5 nitrogen and oxygen atoms in total. The van der Waals surface area contributed by atoms with Gasteiger partial charge in [-0.05, 0) is 99.1 Å². The number of hydrogen-bond acceptors (Lipinski definition) is 3. The molecule has 0 bridgehead atoms. The van der Waals surface area contributed by atoms with E-state index in [9.17, 15) is 0 Å². The third kappa shape index (κ3) is 8.24. The van der Waals surface area contributed by atoms with E-state index >= 15 is 0 Å². The van der Waals surface area contributed by atoms with E-state index in [1.807, 2.05) is 18.2 Å². The van der Waals surface area contributed by atoms with E-state index in [1.165, 1.54) is 49.3 Å². The second kappa shape index (κ2) is 19.7. The summed E-state index contributed by atoms with van der Waals surface area (Å²) in [5.41, 5.74) is 21.0. The van der Waals surface area contributed by atoms with Crippen LogP contribution in [0.1, 0.15) is 0 Å². The lowest BCUT2D eigenvalue weighted by atomic mass is 9.94.